The van der Waals surface area contributed by atoms with Gasteiger partial charge in [0.05, 0.1) is 19.3 Å². The largest absolute Gasteiger partial charge is 0.493 e. The van der Waals surface area contributed by atoms with Crippen molar-refractivity contribution in [1.82, 2.24) is 0 Å². The molecule has 1 saturated carbocycles. The Morgan fingerprint density at radius 2 is 1.91 bits per heavy atom. The van der Waals surface area contributed by atoms with Crippen LogP contribution in [0.1, 0.15) is 55.3 Å². The summed E-state index contributed by atoms with van der Waals surface area (Å²) < 4.78 is 10.7. The van der Waals surface area contributed by atoms with Crippen LogP contribution >= 0.6 is 0 Å². The van der Waals surface area contributed by atoms with Crippen molar-refractivity contribution in [2.75, 3.05) is 13.7 Å². The molecule has 120 valence electrons. The molecule has 1 aliphatic carbocycles. The number of ether oxygens (including phenoxy) is 2. The molecule has 0 heterocycles. The Bertz CT molecular complexity index is 484. The van der Waals surface area contributed by atoms with E-state index in [1.165, 1.54) is 39.2 Å². The van der Waals surface area contributed by atoms with E-state index in [0.717, 1.165) is 25.2 Å². The smallest absolute Gasteiger partial charge is 0.337 e. The van der Waals surface area contributed by atoms with Gasteiger partial charge in [-0.25, -0.2) is 4.79 Å². The van der Waals surface area contributed by atoms with Crippen molar-refractivity contribution in [3.8, 4) is 5.75 Å². The van der Waals surface area contributed by atoms with Gasteiger partial charge in [0.25, 0.3) is 0 Å². The van der Waals surface area contributed by atoms with Crippen molar-refractivity contribution in [2.45, 2.75) is 44.9 Å². The number of methoxy groups -OCH3 is 1. The Labute approximate surface area is 133 Å². The molecule has 0 amide bonds. The first-order valence-electron chi connectivity index (χ1n) is 8.11. The zero-order valence-electron chi connectivity index (χ0n) is 13.5. The minimum absolute atomic E-state index is 0.285. The van der Waals surface area contributed by atoms with Crippen molar-refractivity contribution in [3.63, 3.8) is 0 Å². The normalized spacial score (nSPS) is 16.8. The van der Waals surface area contributed by atoms with Gasteiger partial charge in [0.2, 0.25) is 0 Å². The van der Waals surface area contributed by atoms with Crippen molar-refractivity contribution < 1.29 is 14.3 Å². The summed E-state index contributed by atoms with van der Waals surface area (Å²) in [6.45, 7) is 4.59. The fourth-order valence-corrected chi connectivity index (χ4v) is 3.22. The van der Waals surface area contributed by atoms with Gasteiger partial charge in [0, 0.05) is 5.41 Å². The number of allylic oxidation sites excluding steroid dienone is 1. The van der Waals surface area contributed by atoms with Gasteiger partial charge < -0.3 is 9.47 Å². The molecule has 3 nitrogen and oxygen atoms in total. The number of carbonyl (C=O) groups excluding carboxylic acids is 1. The van der Waals surface area contributed by atoms with E-state index in [0.29, 0.717) is 5.56 Å². The quantitative estimate of drug-likeness (QED) is 0.537. The molecule has 3 heteroatoms. The van der Waals surface area contributed by atoms with E-state index in [4.69, 9.17) is 9.47 Å². The van der Waals surface area contributed by atoms with Gasteiger partial charge in [-0.3, -0.25) is 0 Å². The second-order valence-corrected chi connectivity index (χ2v) is 6.19. The lowest BCUT2D eigenvalue weighted by Gasteiger charge is -2.37. The molecule has 22 heavy (non-hydrogen) atoms. The molecule has 0 atom stereocenters. The molecule has 0 aliphatic heterocycles. The fourth-order valence-electron chi connectivity index (χ4n) is 3.22. The van der Waals surface area contributed by atoms with Gasteiger partial charge in [-0.2, -0.15) is 0 Å². The van der Waals surface area contributed by atoms with Gasteiger partial charge in [-0.05, 0) is 49.9 Å². The van der Waals surface area contributed by atoms with Crippen LogP contribution in [0.3, 0.4) is 0 Å². The van der Waals surface area contributed by atoms with Gasteiger partial charge in [-0.15, -0.1) is 6.58 Å². The first-order chi connectivity index (χ1) is 10.7. The van der Waals surface area contributed by atoms with Crippen LogP contribution in [0.25, 0.3) is 0 Å². The molecule has 2 rings (SSSR count). The summed E-state index contributed by atoms with van der Waals surface area (Å²) in [6, 6.07) is 7.18. The van der Waals surface area contributed by atoms with Crippen molar-refractivity contribution in [2.24, 2.45) is 5.41 Å². The first-order valence-corrected chi connectivity index (χ1v) is 8.11. The van der Waals surface area contributed by atoms with Gasteiger partial charge in [-0.1, -0.05) is 25.3 Å². The van der Waals surface area contributed by atoms with Gasteiger partial charge in [0.15, 0.2) is 0 Å². The van der Waals surface area contributed by atoms with Gasteiger partial charge in [0.1, 0.15) is 5.75 Å². The average Bonchev–Trinajstić information content (AvgIpc) is 2.59. The Morgan fingerprint density at radius 3 is 2.50 bits per heavy atom. The molecule has 0 radical (unpaired) electrons. The summed E-state index contributed by atoms with van der Waals surface area (Å²) in [7, 11) is 1.39. The van der Waals surface area contributed by atoms with Crippen molar-refractivity contribution in [1.29, 1.82) is 0 Å². The zero-order valence-corrected chi connectivity index (χ0v) is 13.5. The van der Waals surface area contributed by atoms with Crippen LogP contribution in [0, 0.1) is 5.41 Å². The number of esters is 1. The topological polar surface area (TPSA) is 35.5 Å². The Balaban J connectivity index is 1.96. The van der Waals surface area contributed by atoms with E-state index >= 15 is 0 Å². The standard InChI is InChI=1S/C19H26O3/c1-3-4-12-19(13-6-5-7-14-19)15-22-17-10-8-16(9-11-17)18(20)21-2/h3,8-11H,1,4-7,12-15H2,2H3. The molecule has 0 N–H and O–H groups in total. The third kappa shape index (κ3) is 4.36. The predicted octanol–water partition coefficient (Wildman–Crippen LogP) is 4.77. The summed E-state index contributed by atoms with van der Waals surface area (Å²) in [6.07, 6.45) is 10.6. The highest BCUT2D eigenvalue weighted by molar-refractivity contribution is 5.89. The van der Waals surface area contributed by atoms with Crippen LogP contribution in [-0.2, 0) is 4.74 Å². The van der Waals surface area contributed by atoms with E-state index in [9.17, 15) is 4.79 Å². The van der Waals surface area contributed by atoms with Crippen LogP contribution in [0.5, 0.6) is 5.75 Å². The number of hydrogen-bond acceptors (Lipinski definition) is 3. The highest BCUT2D eigenvalue weighted by Gasteiger charge is 2.32. The molecule has 1 aromatic rings. The van der Waals surface area contributed by atoms with Crippen molar-refractivity contribution >= 4 is 5.97 Å². The Morgan fingerprint density at radius 1 is 1.23 bits per heavy atom. The van der Waals surface area contributed by atoms with Crippen LogP contribution in [-0.4, -0.2) is 19.7 Å². The molecule has 0 bridgehead atoms. The summed E-state index contributed by atoms with van der Waals surface area (Å²) >= 11 is 0. The molecule has 1 fully saturated rings. The summed E-state index contributed by atoms with van der Waals surface area (Å²) in [4.78, 5) is 11.4. The molecular weight excluding hydrogens is 276 g/mol. The predicted molar refractivity (Wildman–Crippen MR) is 88.2 cm³/mol. The second kappa shape index (κ2) is 8.02. The van der Waals surface area contributed by atoms with Gasteiger partial charge >= 0.3 is 5.97 Å². The summed E-state index contributed by atoms with van der Waals surface area (Å²) in [5, 5.41) is 0. The van der Waals surface area contributed by atoms with Crippen LogP contribution in [0.4, 0.5) is 0 Å². The number of benzene rings is 1. The zero-order chi connectivity index (χ0) is 15.8. The lowest BCUT2D eigenvalue weighted by Crippen LogP contribution is -2.31. The van der Waals surface area contributed by atoms with E-state index in [2.05, 4.69) is 6.58 Å². The number of hydrogen-bond donors (Lipinski definition) is 0. The fraction of sp³-hybridized carbons (Fsp3) is 0.526. The van der Waals surface area contributed by atoms with Crippen LogP contribution < -0.4 is 4.74 Å². The highest BCUT2D eigenvalue weighted by Crippen LogP contribution is 2.40. The Hall–Kier alpha value is -1.77. The van der Waals surface area contributed by atoms with E-state index in [1.54, 1.807) is 12.1 Å². The third-order valence-electron chi connectivity index (χ3n) is 4.61. The maximum Gasteiger partial charge on any atom is 0.337 e. The average molecular weight is 302 g/mol. The minimum Gasteiger partial charge on any atom is -0.493 e. The number of rotatable bonds is 7. The first kappa shape index (κ1) is 16.6. The van der Waals surface area contributed by atoms with Crippen LogP contribution in [0.2, 0.25) is 0 Å². The molecular formula is C19H26O3. The van der Waals surface area contributed by atoms with Crippen LogP contribution in [0.15, 0.2) is 36.9 Å². The maximum atomic E-state index is 11.4. The maximum absolute atomic E-state index is 11.4. The van der Waals surface area contributed by atoms with E-state index < -0.39 is 0 Å². The SMILES string of the molecule is C=CCCC1(COc2ccc(C(=O)OC)cc2)CCCCC1. The third-order valence-corrected chi connectivity index (χ3v) is 4.61. The van der Waals surface area contributed by atoms with Crippen molar-refractivity contribution in [3.05, 3.63) is 42.5 Å². The lowest BCUT2D eigenvalue weighted by atomic mass is 9.72. The second-order valence-electron chi connectivity index (χ2n) is 6.19. The monoisotopic (exact) mass is 302 g/mol. The molecule has 0 saturated heterocycles. The summed E-state index contributed by atoms with van der Waals surface area (Å²) in [5.74, 6) is 0.498. The highest BCUT2D eigenvalue weighted by atomic mass is 16.5. The molecule has 0 unspecified atom stereocenters. The molecule has 0 spiro atoms. The number of carbonyl (C=O) groups is 1. The molecule has 1 aliphatic rings. The minimum atomic E-state index is -0.318. The Kier molecular flexibility index (Phi) is 6.05. The van der Waals surface area contributed by atoms with E-state index in [-0.39, 0.29) is 11.4 Å². The molecule has 0 aromatic heterocycles. The lowest BCUT2D eigenvalue weighted by molar-refractivity contribution is 0.0600. The summed E-state index contributed by atoms with van der Waals surface area (Å²) in [5.41, 5.74) is 0.835. The molecule has 1 aromatic carbocycles. The van der Waals surface area contributed by atoms with E-state index in [1.807, 2.05) is 18.2 Å².